The molecule has 0 saturated heterocycles. The summed E-state index contributed by atoms with van der Waals surface area (Å²) < 4.78 is 5.51. The molecule has 0 saturated carbocycles. The maximum Gasteiger partial charge on any atom is 0.130 e. The Hall–Kier alpha value is -0.980. The Kier molecular flexibility index (Phi) is 3.81. The lowest BCUT2D eigenvalue weighted by Gasteiger charge is -2.11. The Bertz CT molecular complexity index is 266. The second-order valence-electron chi connectivity index (χ2n) is 3.15. The molecule has 0 aromatic heterocycles. The molecule has 1 aromatic carbocycles. The predicted octanol–water partition coefficient (Wildman–Crippen LogP) is 3.15. The van der Waals surface area contributed by atoms with Crippen molar-refractivity contribution >= 4 is 0 Å². The van der Waals surface area contributed by atoms with Crippen LogP contribution in [-0.2, 0) is 6.42 Å². The highest BCUT2D eigenvalue weighted by atomic mass is 16.5. The first kappa shape index (κ1) is 10.1. The summed E-state index contributed by atoms with van der Waals surface area (Å²) in [5.41, 5.74) is 2.62. The van der Waals surface area contributed by atoms with Gasteiger partial charge in [-0.3, -0.25) is 0 Å². The molecular formula is C12H17O. The second kappa shape index (κ2) is 4.90. The van der Waals surface area contributed by atoms with E-state index in [0.29, 0.717) is 0 Å². The van der Waals surface area contributed by atoms with Gasteiger partial charge in [0.15, 0.2) is 0 Å². The summed E-state index contributed by atoms with van der Waals surface area (Å²) in [6.07, 6.45) is 2.23. The fourth-order valence-electron chi connectivity index (χ4n) is 1.44. The monoisotopic (exact) mass is 177 g/mol. The third kappa shape index (κ3) is 2.48. The molecule has 0 aliphatic heterocycles. The predicted molar refractivity (Wildman–Crippen MR) is 55.2 cm³/mol. The van der Waals surface area contributed by atoms with E-state index < -0.39 is 0 Å². The van der Waals surface area contributed by atoms with Gasteiger partial charge in [-0.2, -0.15) is 0 Å². The summed E-state index contributed by atoms with van der Waals surface area (Å²) in [5.74, 6) is 0.935. The fraction of sp³-hybridized carbons (Fsp3) is 0.500. The van der Waals surface area contributed by atoms with Gasteiger partial charge in [0.1, 0.15) is 5.75 Å². The first-order valence-corrected chi connectivity index (χ1v) is 4.92. The Morgan fingerprint density at radius 2 is 2.15 bits per heavy atom. The normalized spacial score (nSPS) is 10.1. The lowest BCUT2D eigenvalue weighted by atomic mass is 10.0. The van der Waals surface area contributed by atoms with Gasteiger partial charge in [0, 0.05) is 6.07 Å². The van der Waals surface area contributed by atoms with Crippen molar-refractivity contribution in [2.45, 2.75) is 33.6 Å². The van der Waals surface area contributed by atoms with E-state index in [1.807, 2.05) is 13.0 Å². The summed E-state index contributed by atoms with van der Waals surface area (Å²) in [6, 6.07) is 7.16. The summed E-state index contributed by atoms with van der Waals surface area (Å²) in [4.78, 5) is 0. The van der Waals surface area contributed by atoms with E-state index in [9.17, 15) is 0 Å². The van der Waals surface area contributed by atoms with Crippen LogP contribution in [0, 0.1) is 13.0 Å². The SMILES string of the molecule is CCCc1c(OCC)[c]ccc1C. The van der Waals surface area contributed by atoms with Gasteiger partial charge in [0.2, 0.25) is 0 Å². The zero-order valence-electron chi connectivity index (χ0n) is 8.68. The van der Waals surface area contributed by atoms with Crippen LogP contribution in [0.2, 0.25) is 0 Å². The van der Waals surface area contributed by atoms with Crippen LogP contribution in [0.15, 0.2) is 12.1 Å². The molecule has 0 aliphatic carbocycles. The summed E-state index contributed by atoms with van der Waals surface area (Å²) in [7, 11) is 0. The van der Waals surface area contributed by atoms with Gasteiger partial charge in [-0.25, -0.2) is 0 Å². The van der Waals surface area contributed by atoms with Crippen molar-refractivity contribution in [3.63, 3.8) is 0 Å². The third-order valence-corrected chi connectivity index (χ3v) is 2.09. The molecule has 0 unspecified atom stereocenters. The molecule has 71 valence electrons. The van der Waals surface area contributed by atoms with Crippen molar-refractivity contribution in [2.75, 3.05) is 6.61 Å². The van der Waals surface area contributed by atoms with Gasteiger partial charge in [-0.05, 0) is 31.4 Å². The highest BCUT2D eigenvalue weighted by molar-refractivity contribution is 5.38. The van der Waals surface area contributed by atoms with E-state index >= 15 is 0 Å². The molecule has 0 atom stereocenters. The average Bonchev–Trinajstić information content (AvgIpc) is 2.11. The number of hydrogen-bond donors (Lipinski definition) is 0. The van der Waals surface area contributed by atoms with Gasteiger partial charge in [0.25, 0.3) is 0 Å². The third-order valence-electron chi connectivity index (χ3n) is 2.09. The summed E-state index contributed by atoms with van der Waals surface area (Å²) in [5, 5.41) is 0. The number of rotatable bonds is 4. The van der Waals surface area contributed by atoms with Gasteiger partial charge in [-0.15, -0.1) is 0 Å². The minimum absolute atomic E-state index is 0.719. The second-order valence-corrected chi connectivity index (χ2v) is 3.15. The fourth-order valence-corrected chi connectivity index (χ4v) is 1.44. The van der Waals surface area contributed by atoms with Gasteiger partial charge < -0.3 is 4.74 Å². The lowest BCUT2D eigenvalue weighted by molar-refractivity contribution is 0.335. The Morgan fingerprint density at radius 1 is 1.38 bits per heavy atom. The molecule has 0 bridgehead atoms. The van der Waals surface area contributed by atoms with Crippen molar-refractivity contribution in [1.82, 2.24) is 0 Å². The van der Waals surface area contributed by atoms with Crippen molar-refractivity contribution < 1.29 is 4.74 Å². The van der Waals surface area contributed by atoms with Gasteiger partial charge in [-0.1, -0.05) is 25.5 Å². The van der Waals surface area contributed by atoms with Crippen molar-refractivity contribution in [2.24, 2.45) is 0 Å². The molecule has 0 amide bonds. The van der Waals surface area contributed by atoms with E-state index in [1.165, 1.54) is 11.1 Å². The largest absolute Gasteiger partial charge is 0.493 e. The Labute approximate surface area is 80.7 Å². The minimum Gasteiger partial charge on any atom is -0.493 e. The van der Waals surface area contributed by atoms with Crippen LogP contribution in [0.1, 0.15) is 31.4 Å². The van der Waals surface area contributed by atoms with Crippen LogP contribution in [0.5, 0.6) is 5.75 Å². The quantitative estimate of drug-likeness (QED) is 0.686. The number of hydrogen-bond acceptors (Lipinski definition) is 1. The van der Waals surface area contributed by atoms with Crippen LogP contribution in [0.3, 0.4) is 0 Å². The van der Waals surface area contributed by atoms with Crippen LogP contribution in [-0.4, -0.2) is 6.61 Å². The molecule has 13 heavy (non-hydrogen) atoms. The van der Waals surface area contributed by atoms with Crippen molar-refractivity contribution in [1.29, 1.82) is 0 Å². The van der Waals surface area contributed by atoms with Crippen LogP contribution >= 0.6 is 0 Å². The molecule has 0 aliphatic rings. The first-order valence-electron chi connectivity index (χ1n) is 4.92. The van der Waals surface area contributed by atoms with E-state index in [-0.39, 0.29) is 0 Å². The Balaban J connectivity index is 2.95. The number of ether oxygens (including phenoxy) is 1. The number of benzene rings is 1. The van der Waals surface area contributed by atoms with Crippen molar-refractivity contribution in [3.8, 4) is 5.75 Å². The summed E-state index contributed by atoms with van der Waals surface area (Å²) >= 11 is 0. The van der Waals surface area contributed by atoms with Gasteiger partial charge in [0.05, 0.1) is 6.61 Å². The maximum absolute atomic E-state index is 5.51. The smallest absolute Gasteiger partial charge is 0.130 e. The highest BCUT2D eigenvalue weighted by Crippen LogP contribution is 2.22. The zero-order valence-corrected chi connectivity index (χ0v) is 8.68. The molecule has 0 fully saturated rings. The molecule has 1 heteroatoms. The molecule has 0 N–H and O–H groups in total. The lowest BCUT2D eigenvalue weighted by Crippen LogP contribution is -1.98. The van der Waals surface area contributed by atoms with Crippen LogP contribution < -0.4 is 4.74 Å². The number of aryl methyl sites for hydroxylation is 1. The van der Waals surface area contributed by atoms with Crippen LogP contribution in [0.4, 0.5) is 0 Å². The first-order chi connectivity index (χ1) is 6.29. The minimum atomic E-state index is 0.719. The molecule has 1 radical (unpaired) electrons. The molecule has 1 rings (SSSR count). The van der Waals surface area contributed by atoms with Crippen LogP contribution in [0.25, 0.3) is 0 Å². The molecule has 0 spiro atoms. The van der Waals surface area contributed by atoms with E-state index in [1.54, 1.807) is 0 Å². The Morgan fingerprint density at radius 3 is 2.77 bits per heavy atom. The topological polar surface area (TPSA) is 9.23 Å². The molecule has 1 aromatic rings. The van der Waals surface area contributed by atoms with E-state index in [0.717, 1.165) is 25.2 Å². The highest BCUT2D eigenvalue weighted by Gasteiger charge is 2.04. The van der Waals surface area contributed by atoms with Gasteiger partial charge >= 0.3 is 0 Å². The van der Waals surface area contributed by atoms with E-state index in [4.69, 9.17) is 4.74 Å². The molecule has 1 nitrogen and oxygen atoms in total. The average molecular weight is 177 g/mol. The molecule has 0 heterocycles. The standard InChI is InChI=1S/C12H17O/c1-4-7-11-10(3)8-6-9-12(11)13-5-2/h6,8H,4-5,7H2,1-3H3. The summed E-state index contributed by atoms with van der Waals surface area (Å²) in [6.45, 7) is 7.03. The van der Waals surface area contributed by atoms with E-state index in [2.05, 4.69) is 26.0 Å². The zero-order chi connectivity index (χ0) is 9.68. The van der Waals surface area contributed by atoms with Crippen molar-refractivity contribution in [3.05, 3.63) is 29.3 Å². The maximum atomic E-state index is 5.51. The molecular weight excluding hydrogens is 160 g/mol.